The quantitative estimate of drug-likeness (QED) is 0.286. The first kappa shape index (κ1) is 31.6. The number of aliphatic carboxylic acids is 2. The van der Waals surface area contributed by atoms with Crippen molar-refractivity contribution in [2.75, 3.05) is 0 Å². The summed E-state index contributed by atoms with van der Waals surface area (Å²) in [5.74, 6) is -1.61. The van der Waals surface area contributed by atoms with Gasteiger partial charge in [-0.2, -0.15) is 0 Å². The van der Waals surface area contributed by atoms with Gasteiger partial charge in [0.1, 0.15) is 0 Å². The molecule has 0 aromatic heterocycles. The standard InChI is InChI=1S/C18H36O2.C4H8O2.Na/c1-2-3-4-5-6-7-8-9-10-11-12-13-14-15-16-17-18(19)20;1-2-3-4(5)6;/h2-17H2,1H3,(H,19,20);2-3H2,1H3,(H,5,6);/q;;+1/p-1. The number of unbranched alkanes of at least 4 members (excludes halogenated alkanes) is 14. The van der Waals surface area contributed by atoms with E-state index >= 15 is 0 Å². The Hall–Kier alpha value is -0.0600. The molecule has 1 N–H and O–H groups in total. The van der Waals surface area contributed by atoms with Crippen molar-refractivity contribution in [3.8, 4) is 0 Å². The number of carboxylic acids is 2. The van der Waals surface area contributed by atoms with Gasteiger partial charge in [0, 0.05) is 12.4 Å². The Morgan fingerprint density at radius 3 is 1.15 bits per heavy atom. The minimum Gasteiger partial charge on any atom is -0.550 e. The second-order valence-corrected chi connectivity index (χ2v) is 7.22. The maximum Gasteiger partial charge on any atom is 1.00 e. The topological polar surface area (TPSA) is 77.4 Å². The molecule has 0 aliphatic heterocycles. The summed E-state index contributed by atoms with van der Waals surface area (Å²) < 4.78 is 0. The molecule has 0 aromatic rings. The number of carboxylic acid groups (broad SMARTS) is 2. The van der Waals surface area contributed by atoms with Crippen molar-refractivity contribution in [3.05, 3.63) is 0 Å². The SMILES string of the molecule is CCCC(=O)[O-].CCCCCCCCCCCCCCCCCC(=O)O.[Na+]. The van der Waals surface area contributed by atoms with Crippen molar-refractivity contribution in [3.63, 3.8) is 0 Å². The summed E-state index contributed by atoms with van der Waals surface area (Å²) in [4.78, 5) is 19.8. The van der Waals surface area contributed by atoms with E-state index in [2.05, 4.69) is 6.92 Å². The van der Waals surface area contributed by atoms with E-state index in [0.717, 1.165) is 12.8 Å². The fourth-order valence-electron chi connectivity index (χ4n) is 2.85. The maximum absolute atomic E-state index is 10.3. The molecule has 5 heteroatoms. The van der Waals surface area contributed by atoms with E-state index in [0.29, 0.717) is 12.8 Å². The molecule has 0 bridgehead atoms. The molecular formula is C22H43NaO4. The van der Waals surface area contributed by atoms with Gasteiger partial charge in [0.05, 0.1) is 0 Å². The van der Waals surface area contributed by atoms with Crippen LogP contribution < -0.4 is 34.7 Å². The van der Waals surface area contributed by atoms with Gasteiger partial charge in [0.25, 0.3) is 0 Å². The summed E-state index contributed by atoms with van der Waals surface area (Å²) in [6, 6.07) is 0. The first-order valence-corrected chi connectivity index (χ1v) is 11.0. The van der Waals surface area contributed by atoms with Crippen LogP contribution in [0.4, 0.5) is 0 Å². The third-order valence-corrected chi connectivity index (χ3v) is 4.45. The molecule has 0 saturated carbocycles. The smallest absolute Gasteiger partial charge is 0.550 e. The van der Waals surface area contributed by atoms with E-state index in [4.69, 9.17) is 5.11 Å². The van der Waals surface area contributed by atoms with E-state index in [9.17, 15) is 14.7 Å². The monoisotopic (exact) mass is 394 g/mol. The van der Waals surface area contributed by atoms with Crippen LogP contribution in [0.5, 0.6) is 0 Å². The van der Waals surface area contributed by atoms with E-state index in [1.807, 2.05) is 0 Å². The van der Waals surface area contributed by atoms with E-state index in [1.165, 1.54) is 83.5 Å². The Morgan fingerprint density at radius 2 is 0.926 bits per heavy atom. The van der Waals surface area contributed by atoms with Crippen LogP contribution in [0.15, 0.2) is 0 Å². The molecule has 0 heterocycles. The number of carbonyl (C=O) groups excluding carboxylic acids is 1. The summed E-state index contributed by atoms with van der Waals surface area (Å²) in [5.41, 5.74) is 0. The van der Waals surface area contributed by atoms with Gasteiger partial charge >= 0.3 is 35.5 Å². The molecule has 0 radical (unpaired) electrons. The Labute approximate surface area is 190 Å². The van der Waals surface area contributed by atoms with Gasteiger partial charge in [0.15, 0.2) is 0 Å². The van der Waals surface area contributed by atoms with Crippen LogP contribution in [-0.2, 0) is 9.59 Å². The summed E-state index contributed by atoms with van der Waals surface area (Å²) in [7, 11) is 0. The molecule has 27 heavy (non-hydrogen) atoms. The summed E-state index contributed by atoms with van der Waals surface area (Å²) in [5, 5.41) is 18.0. The van der Waals surface area contributed by atoms with Crippen molar-refractivity contribution in [2.45, 2.75) is 129 Å². The molecule has 0 spiro atoms. The Bertz CT molecular complexity index is 309. The largest absolute Gasteiger partial charge is 1.00 e. The number of rotatable bonds is 18. The van der Waals surface area contributed by atoms with Crippen molar-refractivity contribution in [2.24, 2.45) is 0 Å². The number of hydrogen-bond donors (Lipinski definition) is 1. The van der Waals surface area contributed by atoms with Gasteiger partial charge in [-0.3, -0.25) is 4.79 Å². The average Bonchev–Trinajstić information content (AvgIpc) is 2.58. The number of carbonyl (C=O) groups is 2. The minimum absolute atomic E-state index is 0. The Morgan fingerprint density at radius 1 is 0.593 bits per heavy atom. The Kier molecular flexibility index (Phi) is 33.0. The fraction of sp³-hybridized carbons (Fsp3) is 0.909. The minimum atomic E-state index is -0.961. The van der Waals surface area contributed by atoms with Crippen LogP contribution in [0.25, 0.3) is 0 Å². The van der Waals surface area contributed by atoms with Gasteiger partial charge in [-0.15, -0.1) is 0 Å². The molecule has 0 aliphatic rings. The van der Waals surface area contributed by atoms with E-state index < -0.39 is 11.9 Å². The zero-order valence-electron chi connectivity index (χ0n) is 18.4. The van der Waals surface area contributed by atoms with Crippen LogP contribution in [0, 0.1) is 0 Å². The molecule has 0 unspecified atom stereocenters. The van der Waals surface area contributed by atoms with Crippen molar-refractivity contribution in [1.82, 2.24) is 0 Å². The molecule has 0 atom stereocenters. The van der Waals surface area contributed by atoms with Gasteiger partial charge in [-0.05, 0) is 12.8 Å². The predicted octanol–water partition coefficient (Wildman–Crippen LogP) is 2.87. The molecule has 4 nitrogen and oxygen atoms in total. The predicted molar refractivity (Wildman–Crippen MR) is 107 cm³/mol. The molecule has 0 amide bonds. The van der Waals surface area contributed by atoms with Crippen LogP contribution in [-0.4, -0.2) is 17.0 Å². The fourth-order valence-corrected chi connectivity index (χ4v) is 2.85. The summed E-state index contributed by atoms with van der Waals surface area (Å²) in [6.07, 6.45) is 21.0. The van der Waals surface area contributed by atoms with Crippen LogP contribution in [0.3, 0.4) is 0 Å². The zero-order valence-corrected chi connectivity index (χ0v) is 20.4. The Balaban J connectivity index is -0.000000709. The third kappa shape index (κ3) is 37.4. The summed E-state index contributed by atoms with van der Waals surface area (Å²) in [6.45, 7) is 4.07. The van der Waals surface area contributed by atoms with Crippen LogP contribution in [0.2, 0.25) is 0 Å². The van der Waals surface area contributed by atoms with Crippen LogP contribution in [0.1, 0.15) is 129 Å². The van der Waals surface area contributed by atoms with Crippen molar-refractivity contribution < 1.29 is 49.4 Å². The number of hydrogen-bond acceptors (Lipinski definition) is 3. The maximum atomic E-state index is 10.3. The molecule has 0 aliphatic carbocycles. The van der Waals surface area contributed by atoms with Crippen molar-refractivity contribution in [1.29, 1.82) is 0 Å². The van der Waals surface area contributed by atoms with Gasteiger partial charge in [-0.1, -0.05) is 110 Å². The van der Waals surface area contributed by atoms with Gasteiger partial charge in [-0.25, -0.2) is 0 Å². The second kappa shape index (κ2) is 28.2. The average molecular weight is 395 g/mol. The first-order chi connectivity index (χ1) is 12.5. The normalized spacial score (nSPS) is 9.85. The van der Waals surface area contributed by atoms with Crippen molar-refractivity contribution >= 4 is 11.9 Å². The first-order valence-electron chi connectivity index (χ1n) is 11.0. The van der Waals surface area contributed by atoms with Crippen LogP contribution >= 0.6 is 0 Å². The molecule has 0 rings (SSSR count). The molecule has 156 valence electrons. The van der Waals surface area contributed by atoms with Gasteiger partial charge < -0.3 is 15.0 Å². The zero-order chi connectivity index (χ0) is 19.9. The third-order valence-electron chi connectivity index (χ3n) is 4.45. The molecule has 0 saturated heterocycles. The molecule has 0 aromatic carbocycles. The molecular weight excluding hydrogens is 351 g/mol. The molecule has 0 fully saturated rings. The van der Waals surface area contributed by atoms with Gasteiger partial charge in [0.2, 0.25) is 0 Å². The summed E-state index contributed by atoms with van der Waals surface area (Å²) >= 11 is 0. The van der Waals surface area contributed by atoms with E-state index in [-0.39, 0.29) is 36.0 Å². The second-order valence-electron chi connectivity index (χ2n) is 7.22. The van der Waals surface area contributed by atoms with E-state index in [1.54, 1.807) is 6.92 Å².